The summed E-state index contributed by atoms with van der Waals surface area (Å²) in [5.74, 6) is 0.314. The number of rotatable bonds is 19. The first-order valence-electron chi connectivity index (χ1n) is 17.4. The number of aromatic nitrogens is 1. The molecule has 8 atom stereocenters. The van der Waals surface area contributed by atoms with Crippen molar-refractivity contribution in [2.45, 2.75) is 118 Å². The number of carbonyl (C=O) groups is 3. The van der Waals surface area contributed by atoms with Gasteiger partial charge < -0.3 is 50.8 Å². The molecule has 0 aromatic carbocycles. The van der Waals surface area contributed by atoms with Gasteiger partial charge in [-0.15, -0.1) is 10.2 Å². The van der Waals surface area contributed by atoms with E-state index in [1.807, 2.05) is 11.8 Å². The molecule has 5 heterocycles. The molecule has 0 aliphatic carbocycles. The second kappa shape index (κ2) is 17.8. The molecule has 3 fully saturated rings. The zero-order valence-electron chi connectivity index (χ0n) is 28.4. The topological polar surface area (TPSA) is 228 Å². The summed E-state index contributed by atoms with van der Waals surface area (Å²) in [6.07, 6.45) is -5.70. The molecule has 290 valence electrons. The van der Waals surface area contributed by atoms with E-state index in [9.17, 15) is 48.0 Å². The normalized spacial score (nSPS) is 28.9. The molecular weight excluding hydrogens is 715 g/mol. The van der Waals surface area contributed by atoms with Gasteiger partial charge >= 0.3 is 17.9 Å². The third-order valence-electron chi connectivity index (χ3n) is 9.61. The number of unbranched alkanes of at least 4 members (excludes halogenated alkanes) is 4. The highest BCUT2D eigenvalue weighted by Gasteiger charge is 2.65. The van der Waals surface area contributed by atoms with Crippen LogP contribution >= 0.6 is 11.8 Å². The van der Waals surface area contributed by atoms with E-state index in [0.717, 1.165) is 37.6 Å². The van der Waals surface area contributed by atoms with Crippen molar-refractivity contribution >= 4 is 29.6 Å². The fraction of sp³-hybridized carbons (Fsp3) is 0.750. The summed E-state index contributed by atoms with van der Waals surface area (Å²) in [5.41, 5.74) is -2.59. The number of thioether (sulfide) groups is 1. The number of hydrogen-bond donors (Lipinski definition) is 7. The summed E-state index contributed by atoms with van der Waals surface area (Å²) in [6, 6.07) is 2.78. The zero-order chi connectivity index (χ0) is 37.5. The Morgan fingerprint density at radius 2 is 1.83 bits per heavy atom. The summed E-state index contributed by atoms with van der Waals surface area (Å²) >= 11 is 1.85. The lowest BCUT2D eigenvalue weighted by molar-refractivity contribution is -0.299. The lowest BCUT2D eigenvalue weighted by Gasteiger charge is -2.39. The van der Waals surface area contributed by atoms with Gasteiger partial charge in [0.2, 0.25) is 11.8 Å². The highest BCUT2D eigenvalue weighted by atomic mass is 32.2. The van der Waals surface area contributed by atoms with Crippen LogP contribution in [0.1, 0.15) is 62.6 Å². The van der Waals surface area contributed by atoms with Crippen molar-refractivity contribution in [1.29, 1.82) is 0 Å². The van der Waals surface area contributed by atoms with Gasteiger partial charge in [-0.25, -0.2) is 4.79 Å². The number of nitrogens with one attached hydrogen (secondary N) is 3. The second-order valence-corrected chi connectivity index (χ2v) is 14.6. The van der Waals surface area contributed by atoms with Crippen LogP contribution in [-0.2, 0) is 31.3 Å². The molecule has 4 amide bonds. The van der Waals surface area contributed by atoms with Crippen molar-refractivity contribution in [3.63, 3.8) is 0 Å². The Kier molecular flexibility index (Phi) is 13.7. The number of nitrogens with zero attached hydrogens (tertiary/aromatic N) is 4. The van der Waals surface area contributed by atoms with Crippen molar-refractivity contribution < 1.29 is 57.5 Å². The fourth-order valence-corrected chi connectivity index (χ4v) is 8.02. The van der Waals surface area contributed by atoms with Crippen LogP contribution in [0, 0.1) is 0 Å². The molecule has 4 aliphatic rings. The molecule has 5 rings (SSSR count). The van der Waals surface area contributed by atoms with Gasteiger partial charge in [0.25, 0.3) is 0 Å². The Balaban J connectivity index is 1.03. The quantitative estimate of drug-likeness (QED) is 0.0771. The molecule has 1 aromatic rings. The maximum atomic E-state index is 13.4. The first kappa shape index (κ1) is 40.1. The highest BCUT2D eigenvalue weighted by molar-refractivity contribution is 8.00. The molecule has 7 N–H and O–H groups in total. The molecule has 20 heteroatoms. The van der Waals surface area contributed by atoms with Crippen molar-refractivity contribution in [2.75, 3.05) is 32.1 Å². The van der Waals surface area contributed by atoms with E-state index in [4.69, 9.17) is 9.47 Å². The third-order valence-corrected chi connectivity index (χ3v) is 11.1. The number of ether oxygens (including phenoxy) is 2. The Morgan fingerprint density at radius 3 is 2.52 bits per heavy atom. The van der Waals surface area contributed by atoms with E-state index in [1.54, 1.807) is 0 Å². The first-order chi connectivity index (χ1) is 24.8. The van der Waals surface area contributed by atoms with Crippen LogP contribution in [0.15, 0.2) is 28.6 Å². The summed E-state index contributed by atoms with van der Waals surface area (Å²) < 4.78 is 51.0. The summed E-state index contributed by atoms with van der Waals surface area (Å²) in [4.78, 5) is 42.6. The number of aliphatic hydroxyl groups is 4. The maximum absolute atomic E-state index is 13.4. The molecule has 3 unspecified atom stereocenters. The van der Waals surface area contributed by atoms with Gasteiger partial charge in [0, 0.05) is 42.3 Å². The molecule has 3 saturated heterocycles. The van der Waals surface area contributed by atoms with Crippen LogP contribution in [0.5, 0.6) is 0 Å². The van der Waals surface area contributed by atoms with E-state index in [2.05, 4.69) is 31.2 Å². The Hall–Kier alpha value is -3.14. The predicted octanol–water partition coefficient (Wildman–Crippen LogP) is 0.810. The van der Waals surface area contributed by atoms with Gasteiger partial charge in [-0.05, 0) is 31.7 Å². The second-order valence-electron chi connectivity index (χ2n) is 13.4. The van der Waals surface area contributed by atoms with Gasteiger partial charge in [-0.3, -0.25) is 14.6 Å². The van der Waals surface area contributed by atoms with Gasteiger partial charge in [0.1, 0.15) is 31.0 Å². The number of amides is 4. The van der Waals surface area contributed by atoms with Gasteiger partial charge in [0.15, 0.2) is 6.29 Å². The van der Waals surface area contributed by atoms with Crippen molar-refractivity contribution in [2.24, 2.45) is 10.2 Å². The van der Waals surface area contributed by atoms with E-state index in [1.165, 1.54) is 17.0 Å². The molecule has 16 nitrogen and oxygen atoms in total. The molecule has 52 heavy (non-hydrogen) atoms. The average Bonchev–Trinajstić information content (AvgIpc) is 3.75. The third kappa shape index (κ3) is 9.88. The Labute approximate surface area is 302 Å². The smallest absolute Gasteiger partial charge is 0.394 e. The first-order valence-corrected chi connectivity index (χ1v) is 18.5. The molecule has 0 radical (unpaired) electrons. The average molecular weight is 762 g/mol. The van der Waals surface area contributed by atoms with Crippen LogP contribution in [0.25, 0.3) is 0 Å². The zero-order valence-corrected chi connectivity index (χ0v) is 29.2. The van der Waals surface area contributed by atoms with Crippen LogP contribution in [0.4, 0.5) is 18.0 Å². The van der Waals surface area contributed by atoms with Gasteiger partial charge in [-0.1, -0.05) is 25.3 Å². The molecule has 1 aromatic heterocycles. The molecular formula is C32H46F3N7O9S. The molecule has 0 saturated carbocycles. The van der Waals surface area contributed by atoms with Gasteiger partial charge in [-0.2, -0.15) is 24.9 Å². The van der Waals surface area contributed by atoms with Gasteiger partial charge in [0.05, 0.1) is 30.9 Å². The number of fused-ring (bicyclic) bond motifs is 1. The summed E-state index contributed by atoms with van der Waals surface area (Å²) in [5, 5.41) is 55.2. The number of hydrogen-bond acceptors (Lipinski definition) is 13. The Morgan fingerprint density at radius 1 is 1.06 bits per heavy atom. The lowest BCUT2D eigenvalue weighted by atomic mass is 9.99. The van der Waals surface area contributed by atoms with Crippen LogP contribution in [-0.4, -0.2) is 134 Å². The fourth-order valence-electron chi connectivity index (χ4n) is 6.48. The molecule has 0 bridgehead atoms. The minimum atomic E-state index is -4.71. The number of halogens is 3. The number of urea groups is 1. The summed E-state index contributed by atoms with van der Waals surface area (Å²) in [6.45, 7) is -0.635. The van der Waals surface area contributed by atoms with Crippen molar-refractivity contribution in [3.05, 3.63) is 29.6 Å². The monoisotopic (exact) mass is 761 g/mol. The maximum Gasteiger partial charge on any atom is 0.442 e. The van der Waals surface area contributed by atoms with Crippen LogP contribution in [0.2, 0.25) is 0 Å². The predicted molar refractivity (Wildman–Crippen MR) is 177 cm³/mol. The highest BCUT2D eigenvalue weighted by Crippen LogP contribution is 2.52. The number of alkyl halides is 3. The number of pyridine rings is 1. The van der Waals surface area contributed by atoms with Crippen LogP contribution < -0.4 is 16.0 Å². The van der Waals surface area contributed by atoms with E-state index in [-0.39, 0.29) is 42.7 Å². The summed E-state index contributed by atoms with van der Waals surface area (Å²) in [7, 11) is 0. The molecule has 4 aliphatic heterocycles. The Bertz CT molecular complexity index is 1400. The standard InChI is InChI=1S/C32H46F3N7O9S/c33-32(34,35)31(40-41-31)18-9-10-19(37-13-18)14-42(24(45)16-50-29-28(48)27(47)26(46)21(15-43)51-29)12-6-2-1-5-11-36-23(44)8-4-3-7-22-25-20(17-52-22)38-30(49)39-25/h9-10,13,20-22,25-29,43,46-48H,1-8,11-12,14-17H2,(H,36,44)(H2,38,39,49)/t20?,21-,22?,25?,26-,27+,28+,29+/m1/s1. The molecule has 0 spiro atoms. The van der Waals surface area contributed by atoms with E-state index < -0.39 is 61.7 Å². The minimum absolute atomic E-state index is 0.0207. The van der Waals surface area contributed by atoms with Crippen LogP contribution in [0.3, 0.4) is 0 Å². The van der Waals surface area contributed by atoms with Crippen molar-refractivity contribution in [1.82, 2.24) is 25.8 Å². The largest absolute Gasteiger partial charge is 0.442 e. The van der Waals surface area contributed by atoms with E-state index >= 15 is 0 Å². The van der Waals surface area contributed by atoms with E-state index in [0.29, 0.717) is 43.2 Å². The lowest BCUT2D eigenvalue weighted by Crippen LogP contribution is -2.59. The minimum Gasteiger partial charge on any atom is -0.394 e. The SMILES string of the molecule is O=C(CCCCC1SCC2NC(=O)NC21)NCCCCCCN(Cc1ccc(C2(C(F)(F)F)N=N2)cn1)C(=O)CO[C@H]1O[C@H](CO)[C@@H](O)[C@H](O)[C@@H]1O. The number of aliphatic hydroxyl groups excluding tert-OH is 4. The van der Waals surface area contributed by atoms with Crippen molar-refractivity contribution in [3.8, 4) is 0 Å². The number of carbonyl (C=O) groups excluding carboxylic acids is 3.